The van der Waals surface area contributed by atoms with Crippen LogP contribution in [0.2, 0.25) is 0 Å². The molecule has 4 heterocycles. The molecule has 3 aromatic rings. The summed E-state index contributed by atoms with van der Waals surface area (Å²) >= 11 is 0. The maximum absolute atomic E-state index is 4.73. The largest absolute Gasteiger partial charge is 0.297 e. The molecule has 1 aliphatic heterocycles. The monoisotopic (exact) mass is 334 g/mol. The lowest BCUT2D eigenvalue weighted by Gasteiger charge is -2.32. The summed E-state index contributed by atoms with van der Waals surface area (Å²) in [4.78, 5) is 15.4. The number of likely N-dealkylation sites (tertiary alicyclic amines) is 1. The molecule has 1 atom stereocenters. The van der Waals surface area contributed by atoms with Gasteiger partial charge in [0.2, 0.25) is 0 Å². The molecule has 4 rings (SSSR count). The number of aryl methyl sites for hydroxylation is 1. The topological polar surface area (TPSA) is 59.7 Å². The molecule has 0 bridgehead atoms. The van der Waals surface area contributed by atoms with E-state index >= 15 is 0 Å². The molecule has 0 amide bonds. The standard InChI is InChI=1S/C19H22N6/c1-24-18(6-7-23-24)13-25-8-2-3-16(12-25)19-5-4-15(11-22-19)17-9-20-14-21-10-17/h4-7,9-11,14,16H,2-3,8,12-13H2,1H3/t16-/m1/s1. The van der Waals surface area contributed by atoms with E-state index in [2.05, 4.69) is 38.2 Å². The lowest BCUT2D eigenvalue weighted by molar-refractivity contribution is 0.194. The van der Waals surface area contributed by atoms with E-state index in [4.69, 9.17) is 4.98 Å². The van der Waals surface area contributed by atoms with Crippen LogP contribution in [0.15, 0.2) is 49.3 Å². The number of rotatable bonds is 4. The highest BCUT2D eigenvalue weighted by Gasteiger charge is 2.23. The van der Waals surface area contributed by atoms with Crippen molar-refractivity contribution in [1.29, 1.82) is 0 Å². The van der Waals surface area contributed by atoms with Crippen molar-refractivity contribution in [2.75, 3.05) is 13.1 Å². The van der Waals surface area contributed by atoms with E-state index in [1.54, 1.807) is 6.33 Å². The number of hydrogen-bond donors (Lipinski definition) is 0. The molecule has 0 unspecified atom stereocenters. The molecule has 128 valence electrons. The van der Waals surface area contributed by atoms with Gasteiger partial charge in [0.05, 0.1) is 5.69 Å². The first-order valence-electron chi connectivity index (χ1n) is 8.70. The van der Waals surface area contributed by atoms with Gasteiger partial charge in [-0.15, -0.1) is 0 Å². The zero-order valence-electron chi connectivity index (χ0n) is 14.4. The quantitative estimate of drug-likeness (QED) is 0.734. The average molecular weight is 334 g/mol. The van der Waals surface area contributed by atoms with Gasteiger partial charge in [0, 0.05) is 67.7 Å². The van der Waals surface area contributed by atoms with Crippen LogP contribution in [-0.4, -0.2) is 42.7 Å². The average Bonchev–Trinajstić information content (AvgIpc) is 3.07. The van der Waals surface area contributed by atoms with E-state index in [9.17, 15) is 0 Å². The Morgan fingerprint density at radius 1 is 1.08 bits per heavy atom. The van der Waals surface area contributed by atoms with Gasteiger partial charge in [-0.2, -0.15) is 5.10 Å². The van der Waals surface area contributed by atoms with Crippen LogP contribution < -0.4 is 0 Å². The van der Waals surface area contributed by atoms with Crippen LogP contribution in [0, 0.1) is 0 Å². The molecule has 1 saturated heterocycles. The summed E-state index contributed by atoms with van der Waals surface area (Å²) in [6, 6.07) is 6.38. The van der Waals surface area contributed by atoms with Crippen molar-refractivity contribution in [2.24, 2.45) is 7.05 Å². The Bertz CT molecular complexity index is 811. The van der Waals surface area contributed by atoms with Crippen molar-refractivity contribution < 1.29 is 0 Å². The van der Waals surface area contributed by atoms with Crippen LogP contribution in [0.25, 0.3) is 11.1 Å². The third-order valence-corrected chi connectivity index (χ3v) is 4.91. The van der Waals surface area contributed by atoms with Crippen LogP contribution in [-0.2, 0) is 13.6 Å². The maximum atomic E-state index is 4.73. The first-order valence-corrected chi connectivity index (χ1v) is 8.70. The first-order chi connectivity index (χ1) is 12.3. The Hall–Kier alpha value is -2.60. The van der Waals surface area contributed by atoms with E-state index in [0.29, 0.717) is 5.92 Å². The van der Waals surface area contributed by atoms with Crippen LogP contribution in [0.4, 0.5) is 0 Å². The lowest BCUT2D eigenvalue weighted by Crippen LogP contribution is -2.34. The molecule has 6 nitrogen and oxygen atoms in total. The van der Waals surface area contributed by atoms with Gasteiger partial charge >= 0.3 is 0 Å². The normalized spacial score (nSPS) is 18.4. The van der Waals surface area contributed by atoms with E-state index in [1.165, 1.54) is 24.2 Å². The molecule has 0 radical (unpaired) electrons. The lowest BCUT2D eigenvalue weighted by atomic mass is 9.93. The second-order valence-corrected chi connectivity index (χ2v) is 6.62. The van der Waals surface area contributed by atoms with Gasteiger partial charge in [-0.25, -0.2) is 9.97 Å². The number of nitrogens with zero attached hydrogens (tertiary/aromatic N) is 6. The Morgan fingerprint density at radius 3 is 2.68 bits per heavy atom. The minimum Gasteiger partial charge on any atom is -0.297 e. The van der Waals surface area contributed by atoms with Gasteiger partial charge in [-0.1, -0.05) is 6.07 Å². The van der Waals surface area contributed by atoms with Gasteiger partial charge in [0.1, 0.15) is 6.33 Å². The minimum atomic E-state index is 0.489. The highest BCUT2D eigenvalue weighted by atomic mass is 15.3. The van der Waals surface area contributed by atoms with Gasteiger partial charge in [-0.3, -0.25) is 14.6 Å². The van der Waals surface area contributed by atoms with Crippen molar-refractivity contribution in [3.63, 3.8) is 0 Å². The number of hydrogen-bond acceptors (Lipinski definition) is 5. The summed E-state index contributed by atoms with van der Waals surface area (Å²) in [6.45, 7) is 3.14. The summed E-state index contributed by atoms with van der Waals surface area (Å²) in [6.07, 6.45) is 11.4. The Morgan fingerprint density at radius 2 is 1.96 bits per heavy atom. The smallest absolute Gasteiger partial charge is 0.115 e. The summed E-state index contributed by atoms with van der Waals surface area (Å²) in [5, 5.41) is 4.27. The molecule has 6 heteroatoms. The molecule has 0 N–H and O–H groups in total. The highest BCUT2D eigenvalue weighted by molar-refractivity contribution is 5.60. The molecule has 0 aliphatic carbocycles. The predicted molar refractivity (Wildman–Crippen MR) is 95.7 cm³/mol. The molecule has 1 aliphatic rings. The fraction of sp³-hybridized carbons (Fsp3) is 0.368. The van der Waals surface area contributed by atoms with E-state index in [0.717, 1.165) is 30.8 Å². The zero-order chi connectivity index (χ0) is 17.1. The van der Waals surface area contributed by atoms with Crippen molar-refractivity contribution in [3.8, 4) is 11.1 Å². The summed E-state index contributed by atoms with van der Waals surface area (Å²) in [7, 11) is 2.00. The fourth-order valence-corrected chi connectivity index (χ4v) is 3.49. The van der Waals surface area contributed by atoms with Gasteiger partial charge in [0.25, 0.3) is 0 Å². The summed E-state index contributed by atoms with van der Waals surface area (Å²) in [5.41, 5.74) is 4.50. The molecule has 25 heavy (non-hydrogen) atoms. The molecule has 1 fully saturated rings. The number of aromatic nitrogens is 5. The molecule has 3 aromatic heterocycles. The number of piperidine rings is 1. The Labute approximate surface area is 147 Å². The third kappa shape index (κ3) is 3.58. The number of pyridine rings is 1. The summed E-state index contributed by atoms with van der Waals surface area (Å²) < 4.78 is 1.96. The van der Waals surface area contributed by atoms with Crippen LogP contribution >= 0.6 is 0 Å². The molecule has 0 aromatic carbocycles. The summed E-state index contributed by atoms with van der Waals surface area (Å²) in [5.74, 6) is 0.489. The minimum absolute atomic E-state index is 0.489. The Kier molecular flexibility index (Phi) is 4.52. The van der Waals surface area contributed by atoms with Gasteiger partial charge in [0.15, 0.2) is 0 Å². The fourth-order valence-electron chi connectivity index (χ4n) is 3.49. The van der Waals surface area contributed by atoms with E-state index < -0.39 is 0 Å². The molecular formula is C19H22N6. The van der Waals surface area contributed by atoms with Crippen molar-refractivity contribution >= 4 is 0 Å². The van der Waals surface area contributed by atoms with E-state index in [1.807, 2.05) is 36.5 Å². The van der Waals surface area contributed by atoms with Crippen molar-refractivity contribution in [1.82, 2.24) is 29.6 Å². The first kappa shape index (κ1) is 15.9. The predicted octanol–water partition coefficient (Wildman–Crippen LogP) is 2.65. The molecule has 0 saturated carbocycles. The zero-order valence-corrected chi connectivity index (χ0v) is 14.4. The van der Waals surface area contributed by atoms with Crippen LogP contribution in [0.5, 0.6) is 0 Å². The van der Waals surface area contributed by atoms with Gasteiger partial charge in [-0.05, 0) is 31.5 Å². The highest BCUT2D eigenvalue weighted by Crippen LogP contribution is 2.27. The van der Waals surface area contributed by atoms with E-state index in [-0.39, 0.29) is 0 Å². The molecular weight excluding hydrogens is 312 g/mol. The van der Waals surface area contributed by atoms with Crippen LogP contribution in [0.3, 0.4) is 0 Å². The van der Waals surface area contributed by atoms with Crippen molar-refractivity contribution in [3.05, 3.63) is 60.7 Å². The van der Waals surface area contributed by atoms with Crippen molar-refractivity contribution in [2.45, 2.75) is 25.3 Å². The second kappa shape index (κ2) is 7.11. The Balaban J connectivity index is 1.45. The van der Waals surface area contributed by atoms with Gasteiger partial charge < -0.3 is 0 Å². The SMILES string of the molecule is Cn1nccc1CN1CCC[C@@H](c2ccc(-c3cncnc3)cn2)C1. The second-order valence-electron chi connectivity index (χ2n) is 6.62. The molecule has 0 spiro atoms. The van der Waals surface area contributed by atoms with Crippen LogP contribution in [0.1, 0.15) is 30.1 Å². The third-order valence-electron chi connectivity index (χ3n) is 4.91. The maximum Gasteiger partial charge on any atom is 0.115 e.